The molecule has 2 aromatic heterocycles. The molecule has 3 rings (SSSR count). The van der Waals surface area contributed by atoms with Crippen molar-refractivity contribution in [3.63, 3.8) is 0 Å². The van der Waals surface area contributed by atoms with Crippen LogP contribution in [0.3, 0.4) is 0 Å². The second-order valence-electron chi connectivity index (χ2n) is 6.19. The number of nitrogens with one attached hydrogen (secondary N) is 1. The summed E-state index contributed by atoms with van der Waals surface area (Å²) in [6.45, 7) is 7.51. The van der Waals surface area contributed by atoms with Gasteiger partial charge in [-0.2, -0.15) is 0 Å². The fraction of sp³-hybridized carbons (Fsp3) is 0.562. The quantitative estimate of drug-likeness (QED) is 0.882. The molecular formula is C16H22N4O3. The van der Waals surface area contributed by atoms with Crippen molar-refractivity contribution in [3.05, 3.63) is 27.2 Å². The van der Waals surface area contributed by atoms with Crippen LogP contribution in [0.1, 0.15) is 23.7 Å². The van der Waals surface area contributed by atoms with Crippen molar-refractivity contribution in [1.29, 1.82) is 0 Å². The van der Waals surface area contributed by atoms with E-state index < -0.39 is 0 Å². The van der Waals surface area contributed by atoms with Crippen molar-refractivity contribution in [2.75, 3.05) is 19.8 Å². The van der Waals surface area contributed by atoms with Gasteiger partial charge in [0.15, 0.2) is 5.65 Å². The van der Waals surface area contributed by atoms with Crippen LogP contribution >= 0.6 is 0 Å². The Balaban J connectivity index is 1.98. The summed E-state index contributed by atoms with van der Waals surface area (Å²) in [6.07, 6.45) is 0.263. The zero-order valence-corrected chi connectivity index (χ0v) is 14.0. The summed E-state index contributed by atoms with van der Waals surface area (Å²) in [7, 11) is 1.76. The Morgan fingerprint density at radius 2 is 2.17 bits per heavy atom. The number of rotatable bonds is 2. The molecule has 0 spiro atoms. The maximum absolute atomic E-state index is 12.7. The van der Waals surface area contributed by atoms with Gasteiger partial charge in [0.25, 0.3) is 5.56 Å². The molecule has 1 saturated heterocycles. The van der Waals surface area contributed by atoms with Crippen molar-refractivity contribution in [1.82, 2.24) is 19.7 Å². The second-order valence-corrected chi connectivity index (χ2v) is 6.19. The summed E-state index contributed by atoms with van der Waals surface area (Å²) in [5.41, 5.74) is 2.93. The molecule has 1 atom stereocenters. The minimum atomic E-state index is -0.166. The zero-order chi connectivity index (χ0) is 16.7. The standard InChI is InChI=1S/C16H22N4O3/c1-9-8-23-6-5-20(9)13(21)7-12-10(2)14-15(17-11(12)3)19(4)18-16(14)22/h9H,5-8H2,1-4H3,(H,18,22)/t9-/m1/s1. The Labute approximate surface area is 134 Å². The lowest BCUT2D eigenvalue weighted by Crippen LogP contribution is -2.47. The summed E-state index contributed by atoms with van der Waals surface area (Å²) in [5.74, 6) is 0.0560. The van der Waals surface area contributed by atoms with Crippen LogP contribution in [-0.4, -0.2) is 51.4 Å². The molecule has 2 aromatic rings. The van der Waals surface area contributed by atoms with Crippen LogP contribution in [0.15, 0.2) is 4.79 Å². The molecule has 0 aromatic carbocycles. The third-order valence-electron chi connectivity index (χ3n) is 4.59. The van der Waals surface area contributed by atoms with Gasteiger partial charge in [0.2, 0.25) is 5.91 Å². The Kier molecular flexibility index (Phi) is 3.97. The number of hydrogen-bond acceptors (Lipinski definition) is 4. The molecule has 1 fully saturated rings. The Hall–Kier alpha value is -2.15. The van der Waals surface area contributed by atoms with Gasteiger partial charge in [-0.3, -0.25) is 19.4 Å². The maximum Gasteiger partial charge on any atom is 0.273 e. The van der Waals surface area contributed by atoms with E-state index in [-0.39, 0.29) is 23.9 Å². The number of carbonyl (C=O) groups excluding carboxylic acids is 1. The molecule has 0 saturated carbocycles. The monoisotopic (exact) mass is 318 g/mol. The average molecular weight is 318 g/mol. The van der Waals surface area contributed by atoms with Crippen molar-refractivity contribution < 1.29 is 9.53 Å². The van der Waals surface area contributed by atoms with E-state index in [1.165, 1.54) is 0 Å². The van der Waals surface area contributed by atoms with E-state index in [0.29, 0.717) is 30.8 Å². The maximum atomic E-state index is 12.7. The van der Waals surface area contributed by atoms with Crippen LogP contribution in [0.25, 0.3) is 11.0 Å². The third-order valence-corrected chi connectivity index (χ3v) is 4.59. The minimum Gasteiger partial charge on any atom is -0.377 e. The summed E-state index contributed by atoms with van der Waals surface area (Å²) >= 11 is 0. The molecule has 1 aliphatic heterocycles. The van der Waals surface area contributed by atoms with E-state index in [1.807, 2.05) is 25.7 Å². The number of hydrogen-bond donors (Lipinski definition) is 1. The second kappa shape index (κ2) is 5.81. The molecule has 0 unspecified atom stereocenters. The molecule has 1 N–H and O–H groups in total. The lowest BCUT2D eigenvalue weighted by molar-refractivity contribution is -0.138. The number of ether oxygens (including phenoxy) is 1. The van der Waals surface area contributed by atoms with Crippen LogP contribution in [0, 0.1) is 13.8 Å². The number of amides is 1. The number of aryl methyl sites for hydroxylation is 3. The molecule has 0 bridgehead atoms. The van der Waals surface area contributed by atoms with Crippen LogP contribution in [-0.2, 0) is 23.0 Å². The van der Waals surface area contributed by atoms with Gasteiger partial charge in [0.05, 0.1) is 31.1 Å². The molecule has 3 heterocycles. The van der Waals surface area contributed by atoms with Gasteiger partial charge < -0.3 is 9.64 Å². The molecular weight excluding hydrogens is 296 g/mol. The number of fused-ring (bicyclic) bond motifs is 1. The first-order valence-electron chi connectivity index (χ1n) is 7.82. The van der Waals surface area contributed by atoms with Gasteiger partial charge in [0, 0.05) is 19.3 Å². The number of nitrogens with zero attached hydrogens (tertiary/aromatic N) is 3. The number of aromatic nitrogens is 3. The van der Waals surface area contributed by atoms with E-state index in [2.05, 4.69) is 10.1 Å². The van der Waals surface area contributed by atoms with Crippen LogP contribution < -0.4 is 5.56 Å². The van der Waals surface area contributed by atoms with E-state index in [1.54, 1.807) is 11.7 Å². The first-order chi connectivity index (χ1) is 10.9. The summed E-state index contributed by atoms with van der Waals surface area (Å²) in [4.78, 5) is 31.1. The van der Waals surface area contributed by atoms with Crippen molar-refractivity contribution in [3.8, 4) is 0 Å². The molecule has 23 heavy (non-hydrogen) atoms. The molecule has 1 aliphatic rings. The van der Waals surface area contributed by atoms with Gasteiger partial charge >= 0.3 is 0 Å². The van der Waals surface area contributed by atoms with Crippen molar-refractivity contribution in [2.45, 2.75) is 33.2 Å². The van der Waals surface area contributed by atoms with E-state index >= 15 is 0 Å². The average Bonchev–Trinajstić information content (AvgIpc) is 2.78. The van der Waals surface area contributed by atoms with Crippen molar-refractivity contribution in [2.24, 2.45) is 7.05 Å². The fourth-order valence-corrected chi connectivity index (χ4v) is 3.26. The molecule has 7 heteroatoms. The Bertz CT molecular complexity index is 821. The summed E-state index contributed by atoms with van der Waals surface area (Å²) in [6, 6.07) is 0.0775. The van der Waals surface area contributed by atoms with Gasteiger partial charge in [-0.25, -0.2) is 4.98 Å². The molecule has 7 nitrogen and oxygen atoms in total. The van der Waals surface area contributed by atoms with E-state index in [0.717, 1.165) is 16.8 Å². The lowest BCUT2D eigenvalue weighted by atomic mass is 10.0. The highest BCUT2D eigenvalue weighted by molar-refractivity contribution is 5.84. The summed E-state index contributed by atoms with van der Waals surface area (Å²) in [5, 5.41) is 3.29. The van der Waals surface area contributed by atoms with Crippen LogP contribution in [0.5, 0.6) is 0 Å². The zero-order valence-electron chi connectivity index (χ0n) is 14.0. The van der Waals surface area contributed by atoms with Gasteiger partial charge in [-0.1, -0.05) is 0 Å². The first-order valence-corrected chi connectivity index (χ1v) is 7.82. The van der Waals surface area contributed by atoms with E-state index in [4.69, 9.17) is 4.74 Å². The Morgan fingerprint density at radius 1 is 1.43 bits per heavy atom. The predicted molar refractivity (Wildman–Crippen MR) is 86.5 cm³/mol. The normalized spacial score (nSPS) is 18.6. The SMILES string of the molecule is Cc1nc2c(c(C)c1CC(=O)N1CCOC[C@H]1C)c(=O)[nH]n2C. The van der Waals surface area contributed by atoms with Crippen molar-refractivity contribution >= 4 is 16.9 Å². The number of carbonyl (C=O) groups is 1. The van der Waals surface area contributed by atoms with Gasteiger partial charge in [-0.15, -0.1) is 0 Å². The van der Waals surface area contributed by atoms with Crippen LogP contribution in [0.2, 0.25) is 0 Å². The summed E-state index contributed by atoms with van der Waals surface area (Å²) < 4.78 is 7.00. The van der Waals surface area contributed by atoms with Gasteiger partial charge in [0.1, 0.15) is 0 Å². The third kappa shape index (κ3) is 2.65. The highest BCUT2D eigenvalue weighted by Gasteiger charge is 2.25. The Morgan fingerprint density at radius 3 is 2.87 bits per heavy atom. The number of aromatic amines is 1. The topological polar surface area (TPSA) is 80.2 Å². The first kappa shape index (κ1) is 15.7. The molecule has 0 radical (unpaired) electrons. The highest BCUT2D eigenvalue weighted by atomic mass is 16.5. The number of morpholine rings is 1. The smallest absolute Gasteiger partial charge is 0.273 e. The fourth-order valence-electron chi connectivity index (χ4n) is 3.26. The predicted octanol–water partition coefficient (Wildman–Crippen LogP) is 0.668. The van der Waals surface area contributed by atoms with Crippen LogP contribution in [0.4, 0.5) is 0 Å². The lowest BCUT2D eigenvalue weighted by Gasteiger charge is -2.33. The number of H-pyrrole nitrogens is 1. The molecule has 0 aliphatic carbocycles. The number of pyridine rings is 1. The molecule has 124 valence electrons. The van der Waals surface area contributed by atoms with E-state index in [9.17, 15) is 9.59 Å². The largest absolute Gasteiger partial charge is 0.377 e. The minimum absolute atomic E-state index is 0.0560. The highest BCUT2D eigenvalue weighted by Crippen LogP contribution is 2.21. The molecule has 1 amide bonds. The van der Waals surface area contributed by atoms with Gasteiger partial charge in [-0.05, 0) is 31.9 Å².